The lowest BCUT2D eigenvalue weighted by Gasteiger charge is -2.26. The number of para-hydroxylation sites is 1. The second-order valence-electron chi connectivity index (χ2n) is 12.6. The molecular weight excluding hydrogens is 615 g/mol. The smallest absolute Gasteiger partial charge is 0.143 e. The Balaban J connectivity index is 1.09. The molecule has 2 aromatic heterocycles. The van der Waals surface area contributed by atoms with Crippen molar-refractivity contribution >= 4 is 81.3 Å². The molecule has 0 saturated carbocycles. The third-order valence-electron chi connectivity index (χ3n) is 9.65. The van der Waals surface area contributed by atoms with Gasteiger partial charge in [-0.25, -0.2) is 0 Å². The molecule has 0 atom stereocenters. The zero-order valence-electron chi connectivity index (χ0n) is 26.5. The van der Waals surface area contributed by atoms with Crippen LogP contribution < -0.4 is 4.90 Å². The number of benzene rings is 8. The van der Waals surface area contributed by atoms with Crippen molar-refractivity contribution in [3.05, 3.63) is 176 Å². The van der Waals surface area contributed by atoms with E-state index in [2.05, 4.69) is 169 Å². The van der Waals surface area contributed by atoms with Gasteiger partial charge >= 0.3 is 0 Å². The quantitative estimate of drug-likeness (QED) is 0.186. The molecule has 0 fully saturated rings. The summed E-state index contributed by atoms with van der Waals surface area (Å²) >= 11 is 1.85. The van der Waals surface area contributed by atoms with Gasteiger partial charge in [0, 0.05) is 53.4 Å². The topological polar surface area (TPSA) is 16.4 Å². The minimum absolute atomic E-state index is 0.921. The van der Waals surface area contributed by atoms with Crippen molar-refractivity contribution in [1.82, 2.24) is 0 Å². The SMILES string of the molecule is c1ccc(-c2cccc(N(c3ccc(-c4ccc5ccc6c7ccccc7oc6c5c4)cc3)c3ccc4c(c3)sc3ccccc34)c2)cc1. The van der Waals surface area contributed by atoms with Crippen LogP contribution in [-0.4, -0.2) is 0 Å². The summed E-state index contributed by atoms with van der Waals surface area (Å²) < 4.78 is 8.99. The standard InChI is InChI=1S/C46H29NOS/c1-2-9-30(10-3-1)33-11-8-12-36(27-33)47(37-24-26-40-39-14-5-7-16-44(39)49-45(40)29-37)35-22-19-31(20-23-35)34-18-17-32-21-25-41-38-13-4-6-15-43(38)48-46(41)42(32)28-34/h1-29H. The maximum Gasteiger partial charge on any atom is 0.143 e. The minimum atomic E-state index is 0.921. The number of nitrogens with zero attached hydrogens (tertiary/aromatic N) is 1. The molecule has 0 aliphatic carbocycles. The molecule has 3 heteroatoms. The van der Waals surface area contributed by atoms with Gasteiger partial charge in [0.05, 0.1) is 0 Å². The van der Waals surface area contributed by atoms with Crippen molar-refractivity contribution in [2.45, 2.75) is 0 Å². The zero-order chi connectivity index (χ0) is 32.3. The average molecular weight is 644 g/mol. The monoisotopic (exact) mass is 643 g/mol. The van der Waals surface area contributed by atoms with E-state index in [9.17, 15) is 0 Å². The van der Waals surface area contributed by atoms with Gasteiger partial charge in [-0.05, 0) is 88.3 Å². The lowest BCUT2D eigenvalue weighted by atomic mass is 9.99. The first-order valence-corrected chi connectivity index (χ1v) is 17.4. The first-order valence-electron chi connectivity index (χ1n) is 16.6. The first-order chi connectivity index (χ1) is 24.3. The number of fused-ring (bicyclic) bond motifs is 8. The van der Waals surface area contributed by atoms with Crippen LogP contribution in [0.1, 0.15) is 0 Å². The molecule has 0 aliphatic heterocycles. The van der Waals surface area contributed by atoms with Crippen molar-refractivity contribution in [1.29, 1.82) is 0 Å². The normalized spacial score (nSPS) is 11.7. The predicted molar refractivity (Wildman–Crippen MR) is 210 cm³/mol. The largest absolute Gasteiger partial charge is 0.455 e. The summed E-state index contributed by atoms with van der Waals surface area (Å²) in [5, 5.41) is 7.22. The molecule has 2 nitrogen and oxygen atoms in total. The summed E-state index contributed by atoms with van der Waals surface area (Å²) in [4.78, 5) is 2.37. The lowest BCUT2D eigenvalue weighted by molar-refractivity contribution is 0.672. The van der Waals surface area contributed by atoms with E-state index in [0.29, 0.717) is 0 Å². The van der Waals surface area contributed by atoms with Crippen molar-refractivity contribution in [2.75, 3.05) is 4.90 Å². The van der Waals surface area contributed by atoms with E-state index in [1.807, 2.05) is 23.5 Å². The molecule has 49 heavy (non-hydrogen) atoms. The molecule has 0 spiro atoms. The number of rotatable bonds is 5. The molecule has 0 radical (unpaired) electrons. The van der Waals surface area contributed by atoms with Crippen LogP contribution >= 0.6 is 11.3 Å². The zero-order valence-corrected chi connectivity index (χ0v) is 27.3. The summed E-state index contributed by atoms with van der Waals surface area (Å²) in [6.07, 6.45) is 0. The van der Waals surface area contributed by atoms with E-state index in [0.717, 1.165) is 55.5 Å². The highest BCUT2D eigenvalue weighted by Gasteiger charge is 2.17. The molecule has 2 heterocycles. The fraction of sp³-hybridized carbons (Fsp3) is 0. The molecule has 8 aromatic carbocycles. The maximum absolute atomic E-state index is 6.39. The molecule has 10 aromatic rings. The summed E-state index contributed by atoms with van der Waals surface area (Å²) in [6, 6.07) is 63.3. The van der Waals surface area contributed by atoms with Crippen molar-refractivity contribution in [3.8, 4) is 22.3 Å². The Hall–Kier alpha value is -6.16. The Bertz CT molecular complexity index is 2830. The molecule has 230 valence electrons. The molecule has 0 amide bonds. The summed E-state index contributed by atoms with van der Waals surface area (Å²) in [6.45, 7) is 0. The Morgan fingerprint density at radius 2 is 1.00 bits per heavy atom. The highest BCUT2D eigenvalue weighted by molar-refractivity contribution is 7.25. The highest BCUT2D eigenvalue weighted by atomic mass is 32.1. The Labute approximate surface area is 287 Å². The van der Waals surface area contributed by atoms with Gasteiger partial charge < -0.3 is 9.32 Å². The summed E-state index contributed by atoms with van der Waals surface area (Å²) in [5.74, 6) is 0. The average Bonchev–Trinajstić information content (AvgIpc) is 3.74. The number of hydrogen-bond acceptors (Lipinski definition) is 3. The number of furan rings is 1. The van der Waals surface area contributed by atoms with E-state index in [4.69, 9.17) is 4.42 Å². The van der Waals surface area contributed by atoms with Crippen molar-refractivity contribution < 1.29 is 4.42 Å². The van der Waals surface area contributed by atoms with E-state index < -0.39 is 0 Å². The molecule has 0 unspecified atom stereocenters. The van der Waals surface area contributed by atoms with E-state index in [1.165, 1.54) is 36.7 Å². The van der Waals surface area contributed by atoms with Crippen LogP contribution in [0.25, 0.3) is 75.1 Å². The second-order valence-corrected chi connectivity index (χ2v) is 13.6. The summed E-state index contributed by atoms with van der Waals surface area (Å²) in [7, 11) is 0. The van der Waals surface area contributed by atoms with Gasteiger partial charge in [0.2, 0.25) is 0 Å². The maximum atomic E-state index is 6.39. The van der Waals surface area contributed by atoms with Gasteiger partial charge in [0.1, 0.15) is 11.2 Å². The number of anilines is 3. The molecular formula is C46H29NOS. The third-order valence-corrected chi connectivity index (χ3v) is 10.8. The van der Waals surface area contributed by atoms with Crippen LogP contribution in [0.5, 0.6) is 0 Å². The van der Waals surface area contributed by atoms with Gasteiger partial charge in [0.15, 0.2) is 0 Å². The third kappa shape index (κ3) is 4.70. The van der Waals surface area contributed by atoms with Crippen molar-refractivity contribution in [3.63, 3.8) is 0 Å². The first kappa shape index (κ1) is 27.9. The van der Waals surface area contributed by atoms with E-state index in [1.54, 1.807) is 0 Å². The van der Waals surface area contributed by atoms with Crippen LogP contribution in [0, 0.1) is 0 Å². The van der Waals surface area contributed by atoms with Gasteiger partial charge in [-0.1, -0.05) is 115 Å². The summed E-state index contributed by atoms with van der Waals surface area (Å²) in [5.41, 5.74) is 9.94. The second kappa shape index (κ2) is 11.2. The van der Waals surface area contributed by atoms with Crippen LogP contribution in [0.4, 0.5) is 17.1 Å². The van der Waals surface area contributed by atoms with Crippen LogP contribution in [0.2, 0.25) is 0 Å². The Kier molecular flexibility index (Phi) is 6.39. The predicted octanol–water partition coefficient (Wildman–Crippen LogP) is 13.9. The van der Waals surface area contributed by atoms with Gasteiger partial charge in [0.25, 0.3) is 0 Å². The van der Waals surface area contributed by atoms with Crippen molar-refractivity contribution in [2.24, 2.45) is 0 Å². The minimum Gasteiger partial charge on any atom is -0.455 e. The van der Waals surface area contributed by atoms with Gasteiger partial charge in [-0.15, -0.1) is 11.3 Å². The molecule has 0 aliphatic rings. The Morgan fingerprint density at radius 1 is 0.367 bits per heavy atom. The molecule has 0 bridgehead atoms. The Morgan fingerprint density at radius 3 is 1.90 bits per heavy atom. The van der Waals surface area contributed by atoms with Gasteiger partial charge in [-0.2, -0.15) is 0 Å². The number of thiophene rings is 1. The fourth-order valence-corrected chi connectivity index (χ4v) is 8.38. The van der Waals surface area contributed by atoms with Crippen LogP contribution in [-0.2, 0) is 0 Å². The molecule has 0 N–H and O–H groups in total. The molecule has 0 saturated heterocycles. The highest BCUT2D eigenvalue weighted by Crippen LogP contribution is 2.42. The van der Waals surface area contributed by atoms with Crippen LogP contribution in [0.15, 0.2) is 180 Å². The molecule has 10 rings (SSSR count). The lowest BCUT2D eigenvalue weighted by Crippen LogP contribution is -2.09. The van der Waals surface area contributed by atoms with E-state index in [-0.39, 0.29) is 0 Å². The fourth-order valence-electron chi connectivity index (χ4n) is 7.24. The van der Waals surface area contributed by atoms with Gasteiger partial charge in [-0.3, -0.25) is 0 Å². The van der Waals surface area contributed by atoms with Crippen LogP contribution in [0.3, 0.4) is 0 Å². The van der Waals surface area contributed by atoms with E-state index >= 15 is 0 Å². The number of hydrogen-bond donors (Lipinski definition) is 0.